The fraction of sp³-hybridized carbons (Fsp3) is 0.286. The zero-order chi connectivity index (χ0) is 11.8. The molecule has 0 fully saturated rings. The van der Waals surface area contributed by atoms with Gasteiger partial charge in [-0.1, -0.05) is 23.7 Å². The molecule has 2 aromatic rings. The van der Waals surface area contributed by atoms with Crippen LogP contribution in [0, 0.1) is 0 Å². The van der Waals surface area contributed by atoms with Crippen molar-refractivity contribution < 1.29 is 0 Å². The zero-order valence-electron chi connectivity index (χ0n) is 9.45. The van der Waals surface area contributed by atoms with Crippen LogP contribution >= 0.6 is 22.9 Å². The highest BCUT2D eigenvalue weighted by molar-refractivity contribution is 7.12. The van der Waals surface area contributed by atoms with Crippen molar-refractivity contribution in [1.29, 1.82) is 0 Å². The van der Waals surface area contributed by atoms with Crippen LogP contribution in [0.15, 0.2) is 30.3 Å². The first-order valence-corrected chi connectivity index (χ1v) is 7.06. The van der Waals surface area contributed by atoms with Crippen molar-refractivity contribution in [2.45, 2.75) is 25.3 Å². The summed E-state index contributed by atoms with van der Waals surface area (Å²) in [6.07, 6.45) is 3.74. The van der Waals surface area contributed by atoms with Crippen molar-refractivity contribution in [1.82, 2.24) is 0 Å². The van der Waals surface area contributed by atoms with E-state index in [0.29, 0.717) is 0 Å². The Morgan fingerprint density at radius 1 is 1.24 bits per heavy atom. The number of hydrogen-bond donors (Lipinski definition) is 1. The number of benzene rings is 1. The molecule has 1 aromatic carbocycles. The third-order valence-electron chi connectivity index (χ3n) is 3.28. The Bertz CT molecular complexity index is 525. The summed E-state index contributed by atoms with van der Waals surface area (Å²) < 4.78 is 0. The molecule has 0 saturated carbocycles. The Morgan fingerprint density at radius 3 is 2.88 bits per heavy atom. The first-order chi connectivity index (χ1) is 8.24. The van der Waals surface area contributed by atoms with Crippen molar-refractivity contribution >= 4 is 22.9 Å². The molecular weight excluding hydrogens is 250 g/mol. The van der Waals surface area contributed by atoms with Crippen LogP contribution in [0.4, 0.5) is 0 Å². The maximum atomic E-state index is 6.30. The van der Waals surface area contributed by atoms with Crippen molar-refractivity contribution in [3.8, 4) is 0 Å². The van der Waals surface area contributed by atoms with Crippen molar-refractivity contribution in [2.24, 2.45) is 5.73 Å². The Balaban J connectivity index is 1.93. The fourth-order valence-corrected chi connectivity index (χ4v) is 3.86. The number of fused-ring (bicyclic) bond motifs is 1. The second-order valence-corrected chi connectivity index (χ2v) is 6.09. The smallest absolute Gasteiger partial charge is 0.0646 e. The van der Waals surface area contributed by atoms with E-state index in [9.17, 15) is 0 Å². The van der Waals surface area contributed by atoms with Crippen molar-refractivity contribution in [2.75, 3.05) is 0 Å². The number of aryl methyl sites for hydroxylation is 2. The van der Waals surface area contributed by atoms with E-state index in [4.69, 9.17) is 17.3 Å². The van der Waals surface area contributed by atoms with Gasteiger partial charge < -0.3 is 5.73 Å². The van der Waals surface area contributed by atoms with E-state index < -0.39 is 0 Å². The minimum atomic E-state index is -0.0377. The molecule has 1 atom stereocenters. The molecule has 0 bridgehead atoms. The van der Waals surface area contributed by atoms with Crippen LogP contribution in [-0.2, 0) is 12.8 Å². The number of hydrogen-bond acceptors (Lipinski definition) is 2. The van der Waals surface area contributed by atoms with Gasteiger partial charge in [-0.05, 0) is 48.6 Å². The fourth-order valence-electron chi connectivity index (χ4n) is 2.37. The van der Waals surface area contributed by atoms with E-state index in [-0.39, 0.29) is 6.04 Å². The molecule has 1 heterocycles. The highest BCUT2D eigenvalue weighted by Crippen LogP contribution is 2.35. The monoisotopic (exact) mass is 263 g/mol. The molecule has 2 N–H and O–H groups in total. The molecule has 0 spiro atoms. The highest BCUT2D eigenvalue weighted by atomic mass is 35.5. The number of rotatable bonds is 2. The summed E-state index contributed by atoms with van der Waals surface area (Å²) in [4.78, 5) is 2.79. The van der Waals surface area contributed by atoms with Crippen LogP contribution in [0.3, 0.4) is 0 Å². The molecule has 1 aliphatic rings. The summed E-state index contributed by atoms with van der Waals surface area (Å²) in [6.45, 7) is 0. The van der Waals surface area contributed by atoms with Gasteiger partial charge >= 0.3 is 0 Å². The SMILES string of the molecule is NC(c1cccc(Cl)c1)c1cc2c(s1)CCC2. The van der Waals surface area contributed by atoms with E-state index in [2.05, 4.69) is 6.07 Å². The molecule has 1 aromatic heterocycles. The molecule has 3 heteroatoms. The minimum Gasteiger partial charge on any atom is -0.320 e. The third-order valence-corrected chi connectivity index (χ3v) is 4.84. The predicted molar refractivity (Wildman–Crippen MR) is 73.8 cm³/mol. The van der Waals surface area contributed by atoms with E-state index in [1.807, 2.05) is 35.6 Å². The number of halogens is 1. The van der Waals surface area contributed by atoms with Gasteiger partial charge in [0.15, 0.2) is 0 Å². The Hall–Kier alpha value is -0.830. The van der Waals surface area contributed by atoms with Crippen LogP contribution < -0.4 is 5.73 Å². The van der Waals surface area contributed by atoms with Gasteiger partial charge in [-0.3, -0.25) is 0 Å². The first-order valence-electron chi connectivity index (χ1n) is 5.86. The largest absolute Gasteiger partial charge is 0.320 e. The molecule has 0 radical (unpaired) electrons. The lowest BCUT2D eigenvalue weighted by molar-refractivity contribution is 0.882. The third kappa shape index (κ3) is 2.13. The normalized spacial score (nSPS) is 15.9. The molecular formula is C14H14ClNS. The average molecular weight is 264 g/mol. The minimum absolute atomic E-state index is 0.0377. The molecule has 0 aliphatic heterocycles. The van der Waals surface area contributed by atoms with Gasteiger partial charge in [0.2, 0.25) is 0 Å². The van der Waals surface area contributed by atoms with Crippen molar-refractivity contribution in [3.05, 3.63) is 56.2 Å². The standard InChI is InChI=1S/C14H14ClNS/c15-11-5-1-4-10(7-11)14(16)13-8-9-3-2-6-12(9)17-13/h1,4-5,7-8,14H,2-3,6,16H2. The highest BCUT2D eigenvalue weighted by Gasteiger charge is 2.18. The molecule has 1 unspecified atom stereocenters. The second kappa shape index (κ2) is 4.45. The van der Waals surface area contributed by atoms with Crippen LogP contribution in [-0.4, -0.2) is 0 Å². The molecule has 88 valence electrons. The van der Waals surface area contributed by atoms with Crippen LogP contribution in [0.5, 0.6) is 0 Å². The molecule has 3 rings (SSSR count). The Morgan fingerprint density at radius 2 is 2.12 bits per heavy atom. The van der Waals surface area contributed by atoms with Gasteiger partial charge in [-0.25, -0.2) is 0 Å². The summed E-state index contributed by atoms with van der Waals surface area (Å²) in [5.41, 5.74) is 8.90. The van der Waals surface area contributed by atoms with E-state index in [0.717, 1.165) is 10.6 Å². The quantitative estimate of drug-likeness (QED) is 0.873. The summed E-state index contributed by atoms with van der Waals surface area (Å²) in [5.74, 6) is 0. The van der Waals surface area contributed by atoms with E-state index >= 15 is 0 Å². The lowest BCUT2D eigenvalue weighted by Gasteiger charge is -2.10. The lowest BCUT2D eigenvalue weighted by atomic mass is 10.1. The van der Waals surface area contributed by atoms with Crippen LogP contribution in [0.25, 0.3) is 0 Å². The number of nitrogens with two attached hydrogens (primary N) is 1. The molecule has 0 saturated heterocycles. The summed E-state index contributed by atoms with van der Waals surface area (Å²) >= 11 is 7.86. The van der Waals surface area contributed by atoms with Gasteiger partial charge in [0.1, 0.15) is 0 Å². The zero-order valence-corrected chi connectivity index (χ0v) is 11.0. The van der Waals surface area contributed by atoms with Crippen molar-refractivity contribution in [3.63, 3.8) is 0 Å². The predicted octanol–water partition coefficient (Wildman–Crippen LogP) is 3.94. The Labute approximate surface area is 110 Å². The second-order valence-electron chi connectivity index (χ2n) is 4.48. The maximum absolute atomic E-state index is 6.30. The number of thiophene rings is 1. The Kier molecular flexibility index (Phi) is 2.95. The summed E-state index contributed by atoms with van der Waals surface area (Å²) in [6, 6.07) is 10.1. The van der Waals surface area contributed by atoms with Gasteiger partial charge in [-0.15, -0.1) is 11.3 Å². The van der Waals surface area contributed by atoms with E-state index in [1.54, 1.807) is 0 Å². The van der Waals surface area contributed by atoms with E-state index in [1.165, 1.54) is 34.6 Å². The average Bonchev–Trinajstić information content (AvgIpc) is 2.88. The lowest BCUT2D eigenvalue weighted by Crippen LogP contribution is -2.10. The van der Waals surface area contributed by atoms with Gasteiger partial charge in [0, 0.05) is 14.8 Å². The maximum Gasteiger partial charge on any atom is 0.0646 e. The van der Waals surface area contributed by atoms with Gasteiger partial charge in [-0.2, -0.15) is 0 Å². The molecule has 1 aliphatic carbocycles. The molecule has 17 heavy (non-hydrogen) atoms. The van der Waals surface area contributed by atoms with Crippen LogP contribution in [0.1, 0.15) is 33.3 Å². The molecule has 1 nitrogen and oxygen atoms in total. The first kappa shape index (κ1) is 11.3. The van der Waals surface area contributed by atoms with Crippen LogP contribution in [0.2, 0.25) is 5.02 Å². The molecule has 0 amide bonds. The van der Waals surface area contributed by atoms with Gasteiger partial charge in [0.25, 0.3) is 0 Å². The summed E-state index contributed by atoms with van der Waals surface area (Å²) in [7, 11) is 0. The summed E-state index contributed by atoms with van der Waals surface area (Å²) in [5, 5.41) is 0.752. The topological polar surface area (TPSA) is 26.0 Å². The van der Waals surface area contributed by atoms with Gasteiger partial charge in [0.05, 0.1) is 6.04 Å².